The summed E-state index contributed by atoms with van der Waals surface area (Å²) in [7, 11) is 1.87. The summed E-state index contributed by atoms with van der Waals surface area (Å²) in [5.74, 6) is 0.673. The number of ether oxygens (including phenoxy) is 1. The van der Waals surface area contributed by atoms with Crippen LogP contribution in [-0.2, 0) is 11.8 Å². The van der Waals surface area contributed by atoms with Gasteiger partial charge in [-0.3, -0.25) is 4.68 Å². The van der Waals surface area contributed by atoms with Gasteiger partial charge in [-0.05, 0) is 12.8 Å². The highest BCUT2D eigenvalue weighted by Gasteiger charge is 2.39. The molecule has 0 bridgehead atoms. The summed E-state index contributed by atoms with van der Waals surface area (Å²) in [6.45, 7) is 1.11. The van der Waals surface area contributed by atoms with E-state index in [1.165, 1.54) is 0 Å². The molecule has 2 aliphatic rings. The third kappa shape index (κ3) is 2.23. The Morgan fingerprint density at radius 3 is 2.96 bits per heavy atom. The predicted octanol–water partition coefficient (Wildman–Crippen LogP) is 1.41. The highest BCUT2D eigenvalue weighted by Crippen LogP contribution is 2.34. The minimum Gasteiger partial charge on any atom is -0.447 e. The quantitative estimate of drug-likeness (QED) is 0.747. The van der Waals surface area contributed by atoms with Crippen LogP contribution < -0.4 is 5.73 Å². The van der Waals surface area contributed by atoms with Crippen LogP contribution >= 0.6 is 0 Å². The number of carbonyl (C=O) groups is 1. The van der Waals surface area contributed by atoms with Gasteiger partial charge in [-0.1, -0.05) is 0 Å². The number of aryl methyl sites for hydroxylation is 1. The summed E-state index contributed by atoms with van der Waals surface area (Å²) < 4.78 is 8.55. The van der Waals surface area contributed by atoms with Gasteiger partial charge >= 0.3 is 6.09 Å². The summed E-state index contributed by atoms with van der Waals surface area (Å²) in [5, 5.41) is 8.58. The molecule has 3 aromatic rings. The van der Waals surface area contributed by atoms with Gasteiger partial charge in [0.2, 0.25) is 0 Å². The van der Waals surface area contributed by atoms with Gasteiger partial charge in [-0.2, -0.15) is 14.7 Å². The average molecular weight is 353 g/mol. The van der Waals surface area contributed by atoms with Crippen molar-refractivity contribution in [3.63, 3.8) is 0 Å². The summed E-state index contributed by atoms with van der Waals surface area (Å²) in [6, 6.07) is 2.06. The Bertz CT molecular complexity index is 1010. The molecule has 0 saturated carbocycles. The SMILES string of the molecule is Cn1cc(-c2cnn3c(N)cc(C4CCC5COC(=O)N5C4)nc23)cn1. The van der Waals surface area contributed by atoms with Crippen molar-refractivity contribution in [1.82, 2.24) is 29.3 Å². The van der Waals surface area contributed by atoms with E-state index in [0.29, 0.717) is 24.6 Å². The van der Waals surface area contributed by atoms with E-state index in [0.717, 1.165) is 29.7 Å². The van der Waals surface area contributed by atoms with E-state index in [1.807, 2.05) is 24.2 Å². The smallest absolute Gasteiger partial charge is 0.410 e. The fourth-order valence-corrected chi connectivity index (χ4v) is 3.89. The molecule has 5 rings (SSSR count). The minimum absolute atomic E-state index is 0.140. The Labute approximate surface area is 149 Å². The van der Waals surface area contributed by atoms with Gasteiger partial charge in [0, 0.05) is 42.9 Å². The number of hydrogen-bond donors (Lipinski definition) is 1. The van der Waals surface area contributed by atoms with Crippen molar-refractivity contribution in [2.24, 2.45) is 7.05 Å². The number of nitrogen functional groups attached to an aromatic ring is 1. The monoisotopic (exact) mass is 353 g/mol. The second-order valence-electron chi connectivity index (χ2n) is 6.96. The van der Waals surface area contributed by atoms with Crippen LogP contribution in [0.4, 0.5) is 10.6 Å². The largest absolute Gasteiger partial charge is 0.447 e. The Morgan fingerprint density at radius 1 is 1.27 bits per heavy atom. The lowest BCUT2D eigenvalue weighted by Gasteiger charge is -2.32. The Kier molecular flexibility index (Phi) is 3.18. The van der Waals surface area contributed by atoms with Gasteiger partial charge in [0.1, 0.15) is 12.4 Å². The van der Waals surface area contributed by atoms with Gasteiger partial charge in [0.25, 0.3) is 0 Å². The maximum atomic E-state index is 11.9. The Morgan fingerprint density at radius 2 is 2.15 bits per heavy atom. The molecule has 0 radical (unpaired) electrons. The molecule has 2 N–H and O–H groups in total. The van der Waals surface area contributed by atoms with Crippen LogP contribution in [0.15, 0.2) is 24.7 Å². The second-order valence-corrected chi connectivity index (χ2v) is 6.96. The van der Waals surface area contributed by atoms with E-state index in [4.69, 9.17) is 15.5 Å². The predicted molar refractivity (Wildman–Crippen MR) is 93.4 cm³/mol. The molecule has 2 fully saturated rings. The van der Waals surface area contributed by atoms with Gasteiger partial charge in [0.15, 0.2) is 5.65 Å². The Balaban J connectivity index is 1.55. The number of cyclic esters (lactones) is 1. The van der Waals surface area contributed by atoms with E-state index in [-0.39, 0.29) is 18.1 Å². The molecule has 2 atom stereocenters. The van der Waals surface area contributed by atoms with Crippen LogP contribution in [0.3, 0.4) is 0 Å². The van der Waals surface area contributed by atoms with E-state index >= 15 is 0 Å². The molecule has 134 valence electrons. The van der Waals surface area contributed by atoms with Gasteiger partial charge in [0.05, 0.1) is 24.1 Å². The molecule has 0 aliphatic carbocycles. The van der Waals surface area contributed by atoms with E-state index in [2.05, 4.69) is 10.2 Å². The number of aromatic nitrogens is 5. The van der Waals surface area contributed by atoms with Crippen LogP contribution in [0.25, 0.3) is 16.8 Å². The summed E-state index contributed by atoms with van der Waals surface area (Å²) in [5.41, 5.74) is 9.66. The van der Waals surface area contributed by atoms with Crippen LogP contribution in [0, 0.1) is 0 Å². The first-order valence-corrected chi connectivity index (χ1v) is 8.66. The van der Waals surface area contributed by atoms with Gasteiger partial charge in [-0.25, -0.2) is 9.78 Å². The average Bonchev–Trinajstić information content (AvgIpc) is 3.33. The molecular formula is C17H19N7O2. The first-order chi connectivity index (χ1) is 12.6. The van der Waals surface area contributed by atoms with Crippen LogP contribution in [0.1, 0.15) is 24.5 Å². The fourth-order valence-electron chi connectivity index (χ4n) is 3.89. The van der Waals surface area contributed by atoms with Crippen LogP contribution in [0.5, 0.6) is 0 Å². The third-order valence-corrected chi connectivity index (χ3v) is 5.29. The highest BCUT2D eigenvalue weighted by molar-refractivity contribution is 5.77. The molecule has 26 heavy (non-hydrogen) atoms. The van der Waals surface area contributed by atoms with Crippen molar-refractivity contribution in [3.05, 3.63) is 30.4 Å². The van der Waals surface area contributed by atoms with Crippen molar-refractivity contribution in [3.8, 4) is 11.1 Å². The number of rotatable bonds is 2. The molecule has 3 aromatic heterocycles. The van der Waals surface area contributed by atoms with Gasteiger partial charge < -0.3 is 15.4 Å². The first-order valence-electron chi connectivity index (χ1n) is 8.66. The van der Waals surface area contributed by atoms with E-state index in [9.17, 15) is 4.79 Å². The fraction of sp³-hybridized carbons (Fsp3) is 0.412. The number of amides is 1. The third-order valence-electron chi connectivity index (χ3n) is 5.29. The van der Waals surface area contributed by atoms with Crippen LogP contribution in [0.2, 0.25) is 0 Å². The summed E-state index contributed by atoms with van der Waals surface area (Å²) in [4.78, 5) is 18.6. The van der Waals surface area contributed by atoms with Crippen molar-refractivity contribution in [2.45, 2.75) is 24.8 Å². The molecule has 0 spiro atoms. The van der Waals surface area contributed by atoms with Crippen molar-refractivity contribution in [1.29, 1.82) is 0 Å². The molecule has 5 heterocycles. The molecule has 1 amide bonds. The normalized spacial score (nSPS) is 22.7. The van der Waals surface area contributed by atoms with Crippen LogP contribution in [-0.4, -0.2) is 54.6 Å². The molecule has 9 nitrogen and oxygen atoms in total. The number of piperidine rings is 1. The number of carbonyl (C=O) groups excluding carboxylic acids is 1. The first kappa shape index (κ1) is 15.2. The van der Waals surface area contributed by atoms with E-state index < -0.39 is 0 Å². The molecule has 2 aliphatic heterocycles. The van der Waals surface area contributed by atoms with E-state index in [1.54, 1.807) is 21.6 Å². The number of anilines is 1. The zero-order valence-corrected chi connectivity index (χ0v) is 14.4. The van der Waals surface area contributed by atoms with Crippen molar-refractivity contribution >= 4 is 17.6 Å². The lowest BCUT2D eigenvalue weighted by molar-refractivity contribution is 0.150. The zero-order valence-electron chi connectivity index (χ0n) is 14.4. The molecule has 9 heteroatoms. The minimum atomic E-state index is -0.228. The standard InChI is InChI=1S/C17H19N7O2/c1-22-7-11(5-19-22)13-6-20-24-15(18)4-14(21-16(13)24)10-2-3-12-9-26-17(25)23(12)8-10/h4-7,10,12H,2-3,8-9,18H2,1H3. The Hall–Kier alpha value is -3.10. The second kappa shape index (κ2) is 5.45. The zero-order chi connectivity index (χ0) is 17.8. The van der Waals surface area contributed by atoms with Crippen molar-refractivity contribution < 1.29 is 9.53 Å². The number of nitrogens with two attached hydrogens (primary N) is 1. The lowest BCUT2D eigenvalue weighted by Crippen LogP contribution is -2.41. The summed E-state index contributed by atoms with van der Waals surface area (Å²) >= 11 is 0. The summed E-state index contributed by atoms with van der Waals surface area (Å²) in [6.07, 6.45) is 7.11. The molecule has 0 aromatic carbocycles. The maximum Gasteiger partial charge on any atom is 0.410 e. The maximum absolute atomic E-state index is 11.9. The molecular weight excluding hydrogens is 334 g/mol. The topological polar surface area (TPSA) is 104 Å². The van der Waals surface area contributed by atoms with Gasteiger partial charge in [-0.15, -0.1) is 0 Å². The molecule has 2 saturated heterocycles. The number of hydrogen-bond acceptors (Lipinski definition) is 6. The molecule has 2 unspecified atom stereocenters. The number of fused-ring (bicyclic) bond motifs is 2. The number of nitrogens with zero attached hydrogens (tertiary/aromatic N) is 6. The van der Waals surface area contributed by atoms with Crippen molar-refractivity contribution in [2.75, 3.05) is 18.9 Å². The highest BCUT2D eigenvalue weighted by atomic mass is 16.6. The lowest BCUT2D eigenvalue weighted by atomic mass is 9.91.